The highest BCUT2D eigenvalue weighted by Gasteiger charge is 2.28. The Morgan fingerprint density at radius 1 is 1.15 bits per heavy atom. The summed E-state index contributed by atoms with van der Waals surface area (Å²) in [4.78, 5) is 15.1. The molecule has 0 radical (unpaired) electrons. The Balaban J connectivity index is 1.55. The summed E-state index contributed by atoms with van der Waals surface area (Å²) in [5.41, 5.74) is 4.70. The molecule has 1 heterocycles. The minimum atomic E-state index is -3.86. The van der Waals surface area contributed by atoms with Crippen LogP contribution >= 0.6 is 0 Å². The summed E-state index contributed by atoms with van der Waals surface area (Å²) in [6.45, 7) is 3.82. The second kappa shape index (κ2) is 9.95. The van der Waals surface area contributed by atoms with Gasteiger partial charge in [0.2, 0.25) is 0 Å². The van der Waals surface area contributed by atoms with Crippen molar-refractivity contribution in [2.45, 2.75) is 50.1 Å². The van der Waals surface area contributed by atoms with Crippen LogP contribution in [0.2, 0.25) is 0 Å². The topological polar surface area (TPSA) is 106 Å². The molecule has 2 N–H and O–H groups in total. The molecule has 1 unspecified atom stereocenters. The summed E-state index contributed by atoms with van der Waals surface area (Å²) in [7, 11) is -3.86. The number of hydrogen-bond acceptors (Lipinski definition) is 5. The van der Waals surface area contributed by atoms with Crippen molar-refractivity contribution in [3.8, 4) is 16.9 Å². The van der Waals surface area contributed by atoms with Crippen LogP contribution in [-0.4, -0.2) is 31.1 Å². The maximum atomic E-state index is 13.1. The van der Waals surface area contributed by atoms with Gasteiger partial charge in [0.1, 0.15) is 5.75 Å². The first-order valence-corrected chi connectivity index (χ1v) is 12.8. The predicted octanol–water partition coefficient (Wildman–Crippen LogP) is 4.69. The van der Waals surface area contributed by atoms with Gasteiger partial charge in [0.05, 0.1) is 0 Å². The van der Waals surface area contributed by atoms with Crippen LogP contribution in [0, 0.1) is 0 Å². The van der Waals surface area contributed by atoms with Crippen molar-refractivity contribution in [1.29, 1.82) is 0 Å². The molecule has 1 atom stereocenters. The average Bonchev–Trinajstić information content (AvgIpc) is 2.83. The number of benzene rings is 2. The largest absolute Gasteiger partial charge is 0.482 e. The number of sulfonamides is 1. The third-order valence-electron chi connectivity index (χ3n) is 6.01. The van der Waals surface area contributed by atoms with Crippen LogP contribution in [0.3, 0.4) is 0 Å². The molecule has 34 heavy (non-hydrogen) atoms. The molecule has 7 nitrogen and oxygen atoms in total. The Labute approximate surface area is 199 Å². The van der Waals surface area contributed by atoms with Crippen molar-refractivity contribution in [3.05, 3.63) is 77.5 Å². The lowest BCUT2D eigenvalue weighted by Crippen LogP contribution is -2.31. The van der Waals surface area contributed by atoms with Crippen molar-refractivity contribution in [3.63, 3.8) is 0 Å². The van der Waals surface area contributed by atoms with E-state index in [0.29, 0.717) is 24.5 Å². The van der Waals surface area contributed by atoms with Gasteiger partial charge in [0.25, 0.3) is 10.0 Å². The van der Waals surface area contributed by atoms with Crippen molar-refractivity contribution < 1.29 is 23.1 Å². The van der Waals surface area contributed by atoms with Crippen molar-refractivity contribution in [2.24, 2.45) is 0 Å². The smallest absolute Gasteiger partial charge is 0.341 e. The van der Waals surface area contributed by atoms with Gasteiger partial charge in [-0.05, 0) is 65.6 Å². The number of pyridine rings is 1. The quantitative estimate of drug-likeness (QED) is 0.485. The maximum Gasteiger partial charge on any atom is 0.341 e. The van der Waals surface area contributed by atoms with Gasteiger partial charge < -0.3 is 9.84 Å². The molecule has 0 spiro atoms. The molecule has 2 aromatic carbocycles. The normalized spacial score (nSPS) is 15.7. The van der Waals surface area contributed by atoms with Crippen LogP contribution in [0.1, 0.15) is 55.3 Å². The summed E-state index contributed by atoms with van der Waals surface area (Å²) < 4.78 is 34.4. The zero-order valence-electron chi connectivity index (χ0n) is 19.2. The number of ether oxygens (including phenoxy) is 1. The van der Waals surface area contributed by atoms with Crippen LogP contribution in [0.4, 0.5) is 0 Å². The Kier molecular flexibility index (Phi) is 7.00. The van der Waals surface area contributed by atoms with E-state index in [1.54, 1.807) is 24.4 Å². The predicted molar refractivity (Wildman–Crippen MR) is 129 cm³/mol. The van der Waals surface area contributed by atoms with Gasteiger partial charge in [-0.25, -0.2) is 22.9 Å². The highest BCUT2D eigenvalue weighted by molar-refractivity contribution is 7.89. The Hall–Kier alpha value is -3.23. The van der Waals surface area contributed by atoms with Crippen LogP contribution in [-0.2, 0) is 21.2 Å². The Morgan fingerprint density at radius 2 is 1.94 bits per heavy atom. The molecule has 8 heteroatoms. The summed E-state index contributed by atoms with van der Waals surface area (Å²) in [5, 5.41) is 8.88. The first-order chi connectivity index (χ1) is 16.2. The Bertz CT molecular complexity index is 1290. The minimum Gasteiger partial charge on any atom is -0.482 e. The van der Waals surface area contributed by atoms with E-state index in [9.17, 15) is 13.2 Å². The van der Waals surface area contributed by atoms with E-state index in [1.165, 1.54) is 11.6 Å². The van der Waals surface area contributed by atoms with Crippen LogP contribution < -0.4 is 9.46 Å². The maximum absolute atomic E-state index is 13.1. The lowest BCUT2D eigenvalue weighted by molar-refractivity contribution is -0.139. The van der Waals surface area contributed by atoms with Gasteiger partial charge in [-0.3, -0.25) is 0 Å². The zero-order chi connectivity index (χ0) is 24.3. The number of carboxylic acid groups (broad SMARTS) is 1. The van der Waals surface area contributed by atoms with Crippen LogP contribution in [0.25, 0.3) is 11.1 Å². The van der Waals surface area contributed by atoms with E-state index in [1.807, 2.05) is 18.2 Å². The fraction of sp³-hybridized carbons (Fsp3) is 0.308. The van der Waals surface area contributed by atoms with Crippen LogP contribution in [0.5, 0.6) is 5.75 Å². The van der Waals surface area contributed by atoms with Gasteiger partial charge in [-0.1, -0.05) is 50.2 Å². The number of nitrogens with one attached hydrogen (secondary N) is 1. The van der Waals surface area contributed by atoms with Gasteiger partial charge >= 0.3 is 5.97 Å². The molecule has 3 aromatic rings. The molecular weight excluding hydrogens is 452 g/mol. The SMILES string of the molecule is CC(C)c1cccc(-c2ccc(S(=O)(=O)NC3CCCc4c(OCC(=O)O)cccc43)nc2)c1. The second-order valence-electron chi connectivity index (χ2n) is 8.74. The number of nitrogens with zero attached hydrogens (tertiary/aromatic N) is 1. The summed E-state index contributed by atoms with van der Waals surface area (Å²) in [6.07, 6.45) is 3.67. The summed E-state index contributed by atoms with van der Waals surface area (Å²) in [5.74, 6) is -0.184. The van der Waals surface area contributed by atoms with Gasteiger partial charge in [-0.15, -0.1) is 0 Å². The van der Waals surface area contributed by atoms with Gasteiger partial charge in [0, 0.05) is 17.8 Å². The molecule has 1 aliphatic rings. The number of aliphatic carboxylic acids is 1. The molecule has 0 saturated heterocycles. The third-order valence-corrected chi connectivity index (χ3v) is 7.40. The van der Waals surface area contributed by atoms with E-state index < -0.39 is 28.6 Å². The number of rotatable bonds is 8. The number of fused-ring (bicyclic) bond motifs is 1. The van der Waals surface area contributed by atoms with Gasteiger partial charge in [0.15, 0.2) is 11.6 Å². The molecule has 0 fully saturated rings. The average molecular weight is 481 g/mol. The van der Waals surface area contributed by atoms with Crippen molar-refractivity contribution in [1.82, 2.24) is 9.71 Å². The highest BCUT2D eigenvalue weighted by Crippen LogP contribution is 2.36. The molecule has 0 amide bonds. The minimum absolute atomic E-state index is 0.0401. The molecular formula is C26H28N2O5S. The number of aromatic nitrogens is 1. The molecule has 0 saturated carbocycles. The van der Waals surface area contributed by atoms with E-state index in [4.69, 9.17) is 9.84 Å². The molecule has 178 valence electrons. The summed E-state index contributed by atoms with van der Waals surface area (Å²) >= 11 is 0. The second-order valence-corrected chi connectivity index (χ2v) is 10.4. The third kappa shape index (κ3) is 5.29. The van der Waals surface area contributed by atoms with E-state index in [-0.39, 0.29) is 5.03 Å². The number of hydrogen-bond donors (Lipinski definition) is 2. The molecule has 0 bridgehead atoms. The van der Waals surface area contributed by atoms with Crippen molar-refractivity contribution in [2.75, 3.05) is 6.61 Å². The standard InChI is InChI=1S/C26H28N2O5S/c1-17(2)18-6-3-7-19(14-18)20-12-13-25(27-15-20)34(31,32)28-23-10-4-9-22-21(23)8-5-11-24(22)33-16-26(29)30/h3,5-8,11-15,17,23,28H,4,9-10,16H2,1-2H3,(H,29,30). The number of carboxylic acids is 1. The fourth-order valence-corrected chi connectivity index (χ4v) is 5.43. The number of carbonyl (C=O) groups is 1. The first-order valence-electron chi connectivity index (χ1n) is 11.3. The van der Waals surface area contributed by atoms with Gasteiger partial charge in [-0.2, -0.15) is 0 Å². The zero-order valence-corrected chi connectivity index (χ0v) is 20.0. The van der Waals surface area contributed by atoms with E-state index in [2.05, 4.69) is 35.7 Å². The molecule has 4 rings (SSSR count). The van der Waals surface area contributed by atoms with Crippen LogP contribution in [0.15, 0.2) is 65.8 Å². The molecule has 1 aliphatic carbocycles. The van der Waals surface area contributed by atoms with E-state index >= 15 is 0 Å². The monoisotopic (exact) mass is 480 g/mol. The summed E-state index contributed by atoms with van der Waals surface area (Å²) in [6, 6.07) is 16.3. The first kappa shape index (κ1) is 23.9. The molecule has 0 aliphatic heterocycles. The van der Waals surface area contributed by atoms with E-state index in [0.717, 1.165) is 28.7 Å². The lowest BCUT2D eigenvalue weighted by atomic mass is 9.87. The van der Waals surface area contributed by atoms with Crippen molar-refractivity contribution >= 4 is 16.0 Å². The lowest BCUT2D eigenvalue weighted by Gasteiger charge is -2.27. The highest BCUT2D eigenvalue weighted by atomic mass is 32.2. The fourth-order valence-electron chi connectivity index (χ4n) is 4.25. The Morgan fingerprint density at radius 3 is 2.65 bits per heavy atom. The molecule has 1 aromatic heterocycles.